The third kappa shape index (κ3) is 3.22. The second-order valence-electron chi connectivity index (χ2n) is 5.02. The summed E-state index contributed by atoms with van der Waals surface area (Å²) in [7, 11) is 0. The molecule has 0 amide bonds. The van der Waals surface area contributed by atoms with E-state index in [9.17, 15) is 0 Å². The zero-order valence-electron chi connectivity index (χ0n) is 10.9. The van der Waals surface area contributed by atoms with Crippen LogP contribution in [-0.4, -0.2) is 19.7 Å². The molecule has 0 bridgehead atoms. The maximum Gasteiger partial charge on any atom is 0.122 e. The van der Waals surface area contributed by atoms with Gasteiger partial charge in [0, 0.05) is 12.5 Å². The predicted molar refractivity (Wildman–Crippen MR) is 71.6 cm³/mol. The molecular weight excluding hydrogens is 210 g/mol. The molecule has 1 fully saturated rings. The predicted octanol–water partition coefficient (Wildman–Crippen LogP) is 3.19. The highest BCUT2D eigenvalue weighted by molar-refractivity contribution is 5.35. The van der Waals surface area contributed by atoms with E-state index in [0.717, 1.165) is 31.9 Å². The van der Waals surface area contributed by atoms with Crippen molar-refractivity contribution in [2.75, 3.05) is 19.7 Å². The van der Waals surface area contributed by atoms with Crippen molar-refractivity contribution in [1.29, 1.82) is 0 Å². The standard InChI is InChI=1S/C15H23NO/c1-3-12(2)14-6-4-5-7-15(14)17-11-13-8-9-16-10-13/h4-7,12-13,16H,3,8-11H2,1-2H3/t12-,13+/m1/s1. The molecule has 1 aromatic rings. The molecule has 2 heteroatoms. The van der Waals surface area contributed by atoms with Gasteiger partial charge in [-0.05, 0) is 36.9 Å². The maximum absolute atomic E-state index is 6.00. The zero-order chi connectivity index (χ0) is 12.1. The van der Waals surface area contributed by atoms with E-state index < -0.39 is 0 Å². The van der Waals surface area contributed by atoms with Gasteiger partial charge in [0.25, 0.3) is 0 Å². The first-order valence-corrected chi connectivity index (χ1v) is 6.73. The lowest BCUT2D eigenvalue weighted by molar-refractivity contribution is 0.256. The Balaban J connectivity index is 1.98. The number of ether oxygens (including phenoxy) is 1. The van der Waals surface area contributed by atoms with Gasteiger partial charge in [-0.15, -0.1) is 0 Å². The van der Waals surface area contributed by atoms with Crippen LogP contribution < -0.4 is 10.1 Å². The van der Waals surface area contributed by atoms with E-state index in [1.807, 2.05) is 0 Å². The summed E-state index contributed by atoms with van der Waals surface area (Å²) in [5.74, 6) is 2.33. The average Bonchev–Trinajstić information content (AvgIpc) is 2.89. The molecule has 2 atom stereocenters. The van der Waals surface area contributed by atoms with E-state index in [0.29, 0.717) is 11.8 Å². The molecule has 0 unspecified atom stereocenters. The Hall–Kier alpha value is -1.02. The molecule has 1 aromatic carbocycles. The molecule has 1 heterocycles. The topological polar surface area (TPSA) is 21.3 Å². The lowest BCUT2D eigenvalue weighted by atomic mass is 9.98. The smallest absolute Gasteiger partial charge is 0.122 e. The van der Waals surface area contributed by atoms with Gasteiger partial charge in [0.15, 0.2) is 0 Å². The number of para-hydroxylation sites is 1. The van der Waals surface area contributed by atoms with Gasteiger partial charge in [-0.1, -0.05) is 32.0 Å². The van der Waals surface area contributed by atoms with Gasteiger partial charge in [-0.3, -0.25) is 0 Å². The minimum absolute atomic E-state index is 0.577. The van der Waals surface area contributed by atoms with E-state index >= 15 is 0 Å². The highest BCUT2D eigenvalue weighted by Crippen LogP contribution is 2.28. The van der Waals surface area contributed by atoms with E-state index in [1.165, 1.54) is 12.0 Å². The van der Waals surface area contributed by atoms with Crippen molar-refractivity contribution in [3.8, 4) is 5.75 Å². The Bertz CT molecular complexity index is 345. The normalized spacial score (nSPS) is 21.4. The van der Waals surface area contributed by atoms with Gasteiger partial charge in [0.05, 0.1) is 6.61 Å². The number of nitrogens with one attached hydrogen (secondary N) is 1. The minimum atomic E-state index is 0.577. The summed E-state index contributed by atoms with van der Waals surface area (Å²) in [6.07, 6.45) is 2.40. The van der Waals surface area contributed by atoms with E-state index in [4.69, 9.17) is 4.74 Å². The molecule has 94 valence electrons. The van der Waals surface area contributed by atoms with E-state index in [2.05, 4.69) is 43.4 Å². The second kappa shape index (κ2) is 6.06. The second-order valence-corrected chi connectivity index (χ2v) is 5.02. The van der Waals surface area contributed by atoms with Crippen molar-refractivity contribution in [2.24, 2.45) is 5.92 Å². The Morgan fingerprint density at radius 2 is 2.24 bits per heavy atom. The van der Waals surface area contributed by atoms with Crippen LogP contribution in [0.5, 0.6) is 5.75 Å². The highest BCUT2D eigenvalue weighted by Gasteiger charge is 2.16. The van der Waals surface area contributed by atoms with Crippen LogP contribution in [0, 0.1) is 5.92 Å². The molecular formula is C15H23NO. The Morgan fingerprint density at radius 1 is 1.41 bits per heavy atom. The zero-order valence-corrected chi connectivity index (χ0v) is 10.9. The number of hydrogen-bond acceptors (Lipinski definition) is 2. The first-order valence-electron chi connectivity index (χ1n) is 6.73. The van der Waals surface area contributed by atoms with Crippen LogP contribution in [-0.2, 0) is 0 Å². The van der Waals surface area contributed by atoms with Crippen molar-refractivity contribution < 1.29 is 4.74 Å². The molecule has 1 aliphatic rings. The first-order chi connectivity index (χ1) is 8.31. The van der Waals surface area contributed by atoms with Crippen molar-refractivity contribution in [2.45, 2.75) is 32.6 Å². The van der Waals surface area contributed by atoms with Crippen molar-refractivity contribution in [3.05, 3.63) is 29.8 Å². The molecule has 17 heavy (non-hydrogen) atoms. The van der Waals surface area contributed by atoms with E-state index in [-0.39, 0.29) is 0 Å². The van der Waals surface area contributed by atoms with Crippen molar-refractivity contribution in [3.63, 3.8) is 0 Å². The Labute approximate surface area is 104 Å². The molecule has 0 aromatic heterocycles. The van der Waals surface area contributed by atoms with Gasteiger partial charge < -0.3 is 10.1 Å². The third-order valence-electron chi connectivity index (χ3n) is 3.70. The number of rotatable bonds is 5. The summed E-state index contributed by atoms with van der Waals surface area (Å²) in [5, 5.41) is 3.38. The molecule has 1 saturated heterocycles. The molecule has 0 radical (unpaired) electrons. The van der Waals surface area contributed by atoms with Crippen LogP contribution in [0.4, 0.5) is 0 Å². The van der Waals surface area contributed by atoms with Crippen LogP contribution in [0.1, 0.15) is 38.2 Å². The molecule has 1 N–H and O–H groups in total. The van der Waals surface area contributed by atoms with E-state index in [1.54, 1.807) is 0 Å². The summed E-state index contributed by atoms with van der Waals surface area (Å²) in [4.78, 5) is 0. The molecule has 0 saturated carbocycles. The summed E-state index contributed by atoms with van der Waals surface area (Å²) in [6, 6.07) is 8.46. The van der Waals surface area contributed by atoms with Gasteiger partial charge in [-0.2, -0.15) is 0 Å². The Kier molecular flexibility index (Phi) is 4.43. The van der Waals surface area contributed by atoms with Gasteiger partial charge in [0.2, 0.25) is 0 Å². The largest absolute Gasteiger partial charge is 0.493 e. The fourth-order valence-corrected chi connectivity index (χ4v) is 2.30. The monoisotopic (exact) mass is 233 g/mol. The van der Waals surface area contributed by atoms with Gasteiger partial charge >= 0.3 is 0 Å². The number of hydrogen-bond donors (Lipinski definition) is 1. The quantitative estimate of drug-likeness (QED) is 0.843. The summed E-state index contributed by atoms with van der Waals surface area (Å²) in [5.41, 5.74) is 1.35. The SMILES string of the molecule is CC[C@@H](C)c1ccccc1OC[C@H]1CCNC1. The lowest BCUT2D eigenvalue weighted by Crippen LogP contribution is -2.16. The Morgan fingerprint density at radius 3 is 2.94 bits per heavy atom. The van der Waals surface area contributed by atoms with Crippen molar-refractivity contribution >= 4 is 0 Å². The van der Waals surface area contributed by atoms with Gasteiger partial charge in [-0.25, -0.2) is 0 Å². The van der Waals surface area contributed by atoms with Crippen LogP contribution in [0.3, 0.4) is 0 Å². The first kappa shape index (κ1) is 12.4. The summed E-state index contributed by atoms with van der Waals surface area (Å²) < 4.78 is 6.00. The number of benzene rings is 1. The minimum Gasteiger partial charge on any atom is -0.493 e. The molecule has 0 aliphatic carbocycles. The molecule has 0 spiro atoms. The van der Waals surface area contributed by atoms with Crippen LogP contribution >= 0.6 is 0 Å². The summed E-state index contributed by atoms with van der Waals surface area (Å²) in [6.45, 7) is 7.58. The van der Waals surface area contributed by atoms with Crippen LogP contribution in [0.25, 0.3) is 0 Å². The lowest BCUT2D eigenvalue weighted by Gasteiger charge is -2.17. The fraction of sp³-hybridized carbons (Fsp3) is 0.600. The van der Waals surface area contributed by atoms with Crippen LogP contribution in [0.15, 0.2) is 24.3 Å². The fourth-order valence-electron chi connectivity index (χ4n) is 2.30. The molecule has 2 rings (SSSR count). The van der Waals surface area contributed by atoms with Gasteiger partial charge in [0.1, 0.15) is 5.75 Å². The molecule has 1 aliphatic heterocycles. The van der Waals surface area contributed by atoms with Crippen molar-refractivity contribution in [1.82, 2.24) is 5.32 Å². The van der Waals surface area contributed by atoms with Crippen LogP contribution in [0.2, 0.25) is 0 Å². The average molecular weight is 233 g/mol. The highest BCUT2D eigenvalue weighted by atomic mass is 16.5. The summed E-state index contributed by atoms with van der Waals surface area (Å²) >= 11 is 0. The molecule has 2 nitrogen and oxygen atoms in total. The maximum atomic E-state index is 6.00. The third-order valence-corrected chi connectivity index (χ3v) is 3.70.